The molecule has 5 nitrogen and oxygen atoms in total. The van der Waals surface area contributed by atoms with Gasteiger partial charge in [-0.3, -0.25) is 9.79 Å². The van der Waals surface area contributed by atoms with Crippen molar-refractivity contribution in [2.75, 3.05) is 13.6 Å². The second-order valence-electron chi connectivity index (χ2n) is 4.58. The van der Waals surface area contributed by atoms with E-state index in [0.29, 0.717) is 18.5 Å². The van der Waals surface area contributed by atoms with Crippen molar-refractivity contribution >= 4 is 11.9 Å². The summed E-state index contributed by atoms with van der Waals surface area (Å²) in [7, 11) is 1.62. The predicted octanol–water partition coefficient (Wildman–Crippen LogP) is -0.175. The zero-order valence-electron chi connectivity index (χ0n) is 9.63. The van der Waals surface area contributed by atoms with Crippen LogP contribution in [0, 0.1) is 5.41 Å². The molecule has 1 aliphatic carbocycles. The first kappa shape index (κ1) is 11.8. The standard InChI is InChI=1S/C10H20N4O/c1-10(2,8(15)12-3)6-13-9(11)14-7-4-5-7/h7H,4-6H2,1-3H3,(H,12,15)(H3,11,13,14). The second-order valence-corrected chi connectivity index (χ2v) is 4.58. The van der Waals surface area contributed by atoms with Crippen LogP contribution < -0.4 is 16.4 Å². The third-order valence-corrected chi connectivity index (χ3v) is 2.42. The second kappa shape index (κ2) is 4.51. The van der Waals surface area contributed by atoms with Crippen LogP contribution >= 0.6 is 0 Å². The van der Waals surface area contributed by atoms with Gasteiger partial charge < -0.3 is 16.4 Å². The third-order valence-electron chi connectivity index (χ3n) is 2.42. The molecule has 0 radical (unpaired) electrons. The molecule has 1 fully saturated rings. The summed E-state index contributed by atoms with van der Waals surface area (Å²) >= 11 is 0. The smallest absolute Gasteiger partial charge is 0.227 e. The molecule has 1 amide bonds. The number of carbonyl (C=O) groups is 1. The lowest BCUT2D eigenvalue weighted by Crippen LogP contribution is -2.39. The molecule has 1 aliphatic rings. The van der Waals surface area contributed by atoms with Gasteiger partial charge in [0.2, 0.25) is 5.91 Å². The van der Waals surface area contributed by atoms with E-state index >= 15 is 0 Å². The van der Waals surface area contributed by atoms with Crippen LogP contribution in [0.2, 0.25) is 0 Å². The molecule has 0 atom stereocenters. The van der Waals surface area contributed by atoms with Crippen LogP contribution in [-0.2, 0) is 4.79 Å². The number of carbonyl (C=O) groups excluding carboxylic acids is 1. The van der Waals surface area contributed by atoms with Crippen LogP contribution in [-0.4, -0.2) is 31.5 Å². The normalized spacial score (nSPS) is 17.4. The third kappa shape index (κ3) is 3.77. The molecule has 0 aliphatic heterocycles. The predicted molar refractivity (Wildman–Crippen MR) is 60.5 cm³/mol. The SMILES string of the molecule is CNC(=O)C(C)(C)CN=C(N)NC1CC1. The fraction of sp³-hybridized carbons (Fsp3) is 0.800. The van der Waals surface area contributed by atoms with Gasteiger partial charge >= 0.3 is 0 Å². The maximum atomic E-state index is 11.4. The molecule has 5 heteroatoms. The summed E-state index contributed by atoms with van der Waals surface area (Å²) in [5, 5.41) is 5.69. The maximum absolute atomic E-state index is 11.4. The highest BCUT2D eigenvalue weighted by atomic mass is 16.2. The molecular formula is C10H20N4O. The molecule has 0 bridgehead atoms. The van der Waals surface area contributed by atoms with Gasteiger partial charge in [-0.2, -0.15) is 0 Å². The van der Waals surface area contributed by atoms with Gasteiger partial charge in [0.05, 0.1) is 12.0 Å². The number of amides is 1. The van der Waals surface area contributed by atoms with E-state index in [4.69, 9.17) is 5.73 Å². The summed E-state index contributed by atoms with van der Waals surface area (Å²) in [6.45, 7) is 4.09. The first-order valence-corrected chi connectivity index (χ1v) is 5.24. The molecule has 4 N–H and O–H groups in total. The van der Waals surface area contributed by atoms with Crippen molar-refractivity contribution in [1.82, 2.24) is 10.6 Å². The number of nitrogens with two attached hydrogens (primary N) is 1. The zero-order valence-corrected chi connectivity index (χ0v) is 9.63. The van der Waals surface area contributed by atoms with E-state index in [1.165, 1.54) is 0 Å². The van der Waals surface area contributed by atoms with Gasteiger partial charge in [0, 0.05) is 13.1 Å². The first-order valence-electron chi connectivity index (χ1n) is 5.24. The number of guanidine groups is 1. The number of nitrogens with one attached hydrogen (secondary N) is 2. The molecule has 1 saturated carbocycles. The van der Waals surface area contributed by atoms with E-state index in [1.807, 2.05) is 13.8 Å². The molecule has 86 valence electrons. The van der Waals surface area contributed by atoms with Gasteiger partial charge in [-0.1, -0.05) is 0 Å². The average Bonchev–Trinajstić information content (AvgIpc) is 2.97. The number of hydrogen-bond donors (Lipinski definition) is 3. The lowest BCUT2D eigenvalue weighted by atomic mass is 9.93. The van der Waals surface area contributed by atoms with Crippen molar-refractivity contribution in [1.29, 1.82) is 0 Å². The van der Waals surface area contributed by atoms with Crippen molar-refractivity contribution in [2.24, 2.45) is 16.1 Å². The fourth-order valence-electron chi connectivity index (χ4n) is 1.18. The Balaban J connectivity index is 2.41. The van der Waals surface area contributed by atoms with Crippen LogP contribution in [0.15, 0.2) is 4.99 Å². The quantitative estimate of drug-likeness (QED) is 0.447. The number of rotatable bonds is 4. The van der Waals surface area contributed by atoms with E-state index in [2.05, 4.69) is 15.6 Å². The molecule has 0 aromatic heterocycles. The Kier molecular flexibility index (Phi) is 3.55. The molecule has 0 spiro atoms. The largest absolute Gasteiger partial charge is 0.370 e. The Morgan fingerprint density at radius 3 is 2.60 bits per heavy atom. The highest BCUT2D eigenvalue weighted by molar-refractivity contribution is 5.83. The Morgan fingerprint density at radius 2 is 2.13 bits per heavy atom. The number of nitrogens with zero attached hydrogens (tertiary/aromatic N) is 1. The number of hydrogen-bond acceptors (Lipinski definition) is 2. The fourth-order valence-corrected chi connectivity index (χ4v) is 1.18. The van der Waals surface area contributed by atoms with Crippen molar-refractivity contribution < 1.29 is 4.79 Å². The maximum Gasteiger partial charge on any atom is 0.227 e. The lowest BCUT2D eigenvalue weighted by molar-refractivity contribution is -0.128. The summed E-state index contributed by atoms with van der Waals surface area (Å²) in [5.41, 5.74) is 5.16. The minimum Gasteiger partial charge on any atom is -0.370 e. The molecule has 0 saturated heterocycles. The van der Waals surface area contributed by atoms with Crippen LogP contribution in [0.3, 0.4) is 0 Å². The van der Waals surface area contributed by atoms with Crippen LogP contribution in [0.1, 0.15) is 26.7 Å². The molecule has 0 unspecified atom stereocenters. The molecule has 1 rings (SSSR count). The summed E-state index contributed by atoms with van der Waals surface area (Å²) in [6, 6.07) is 0.497. The van der Waals surface area contributed by atoms with Gasteiger partial charge in [0.1, 0.15) is 0 Å². The highest BCUT2D eigenvalue weighted by Crippen LogP contribution is 2.18. The summed E-state index contributed by atoms with van der Waals surface area (Å²) < 4.78 is 0. The van der Waals surface area contributed by atoms with Crippen molar-refractivity contribution in [2.45, 2.75) is 32.7 Å². The Labute approximate surface area is 90.5 Å². The number of aliphatic imine (C=N–C) groups is 1. The zero-order chi connectivity index (χ0) is 11.5. The summed E-state index contributed by atoms with van der Waals surface area (Å²) in [4.78, 5) is 15.6. The van der Waals surface area contributed by atoms with Gasteiger partial charge in [0.25, 0.3) is 0 Å². The van der Waals surface area contributed by atoms with Gasteiger partial charge in [-0.05, 0) is 26.7 Å². The molecule has 15 heavy (non-hydrogen) atoms. The van der Waals surface area contributed by atoms with Crippen molar-refractivity contribution in [3.05, 3.63) is 0 Å². The van der Waals surface area contributed by atoms with Crippen LogP contribution in [0.5, 0.6) is 0 Å². The topological polar surface area (TPSA) is 79.5 Å². The first-order chi connectivity index (χ1) is 6.95. The van der Waals surface area contributed by atoms with Crippen molar-refractivity contribution in [3.8, 4) is 0 Å². The van der Waals surface area contributed by atoms with E-state index in [-0.39, 0.29) is 5.91 Å². The monoisotopic (exact) mass is 212 g/mol. The van der Waals surface area contributed by atoms with Gasteiger partial charge in [-0.25, -0.2) is 0 Å². The molecule has 0 aromatic rings. The van der Waals surface area contributed by atoms with Gasteiger partial charge in [-0.15, -0.1) is 0 Å². The Bertz CT molecular complexity index is 269. The highest BCUT2D eigenvalue weighted by Gasteiger charge is 2.27. The minimum atomic E-state index is -0.509. The van der Waals surface area contributed by atoms with E-state index in [0.717, 1.165) is 12.8 Å². The van der Waals surface area contributed by atoms with Crippen molar-refractivity contribution in [3.63, 3.8) is 0 Å². The van der Waals surface area contributed by atoms with Crippen LogP contribution in [0.4, 0.5) is 0 Å². The molecule has 0 aromatic carbocycles. The Hall–Kier alpha value is -1.26. The van der Waals surface area contributed by atoms with Crippen LogP contribution in [0.25, 0.3) is 0 Å². The van der Waals surface area contributed by atoms with E-state index in [9.17, 15) is 4.79 Å². The summed E-state index contributed by atoms with van der Waals surface area (Å²) in [5.74, 6) is 0.417. The lowest BCUT2D eigenvalue weighted by Gasteiger charge is -2.20. The Morgan fingerprint density at radius 1 is 1.53 bits per heavy atom. The average molecular weight is 212 g/mol. The summed E-state index contributed by atoms with van der Waals surface area (Å²) in [6.07, 6.45) is 2.32. The van der Waals surface area contributed by atoms with Gasteiger partial charge in [0.15, 0.2) is 5.96 Å². The molecule has 0 heterocycles. The van der Waals surface area contributed by atoms with E-state index < -0.39 is 5.41 Å². The van der Waals surface area contributed by atoms with E-state index in [1.54, 1.807) is 7.05 Å². The molecular weight excluding hydrogens is 192 g/mol. The minimum absolute atomic E-state index is 0.0227.